The third-order valence-corrected chi connectivity index (χ3v) is 6.31. The highest BCUT2D eigenvalue weighted by molar-refractivity contribution is 6.30. The van der Waals surface area contributed by atoms with Gasteiger partial charge in [0.25, 0.3) is 0 Å². The molecule has 2 aliphatic rings. The van der Waals surface area contributed by atoms with Gasteiger partial charge in [-0.3, -0.25) is 9.59 Å². The van der Waals surface area contributed by atoms with Gasteiger partial charge < -0.3 is 19.2 Å². The van der Waals surface area contributed by atoms with Crippen molar-refractivity contribution in [2.24, 2.45) is 5.92 Å². The van der Waals surface area contributed by atoms with Crippen molar-refractivity contribution < 1.29 is 14.1 Å². The molecule has 1 aromatic carbocycles. The number of amides is 2. The van der Waals surface area contributed by atoms with Crippen LogP contribution in [0.4, 0.5) is 11.5 Å². The number of piperazine rings is 1. The van der Waals surface area contributed by atoms with E-state index in [1.165, 1.54) is 0 Å². The van der Waals surface area contributed by atoms with E-state index in [-0.39, 0.29) is 24.2 Å². The number of nitrogens with zero attached hydrogens (tertiary/aromatic N) is 6. The zero-order valence-electron chi connectivity index (χ0n) is 18.1. The fourth-order valence-corrected chi connectivity index (χ4v) is 4.41. The van der Waals surface area contributed by atoms with Crippen LogP contribution >= 0.6 is 11.6 Å². The van der Waals surface area contributed by atoms with Gasteiger partial charge in [-0.15, -0.1) is 0 Å². The molecule has 3 aromatic rings. The third-order valence-electron chi connectivity index (χ3n) is 6.06. The molecular weight excluding hydrogens is 444 g/mol. The number of hydrogen-bond donors (Lipinski definition) is 0. The Labute approximate surface area is 195 Å². The van der Waals surface area contributed by atoms with Gasteiger partial charge in [0.05, 0.1) is 5.92 Å². The molecule has 33 heavy (non-hydrogen) atoms. The summed E-state index contributed by atoms with van der Waals surface area (Å²) in [6.07, 6.45) is 1.97. The number of halogens is 1. The first kappa shape index (κ1) is 21.4. The predicted molar refractivity (Wildman–Crippen MR) is 123 cm³/mol. The summed E-state index contributed by atoms with van der Waals surface area (Å²) in [6, 6.07) is 11.0. The largest absolute Gasteiger partial charge is 0.353 e. The van der Waals surface area contributed by atoms with E-state index in [1.807, 2.05) is 29.2 Å². The number of carbonyl (C=O) groups excluding carboxylic acids is 2. The molecule has 0 saturated carbocycles. The van der Waals surface area contributed by atoms with E-state index in [0.717, 1.165) is 17.1 Å². The first-order valence-electron chi connectivity index (χ1n) is 10.8. The van der Waals surface area contributed by atoms with Crippen molar-refractivity contribution in [3.8, 4) is 11.4 Å². The van der Waals surface area contributed by atoms with Gasteiger partial charge in [-0.25, -0.2) is 4.98 Å². The summed E-state index contributed by atoms with van der Waals surface area (Å²) in [7, 11) is 0. The smallest absolute Gasteiger partial charge is 0.228 e. The minimum atomic E-state index is -0.324. The molecular formula is C23H23ClN6O3. The van der Waals surface area contributed by atoms with E-state index >= 15 is 0 Å². The number of aromatic nitrogens is 3. The first-order chi connectivity index (χ1) is 16.0. The van der Waals surface area contributed by atoms with Crippen molar-refractivity contribution in [3.63, 3.8) is 0 Å². The van der Waals surface area contributed by atoms with E-state index in [4.69, 9.17) is 16.1 Å². The summed E-state index contributed by atoms with van der Waals surface area (Å²) in [5.74, 6) is 1.55. The Morgan fingerprint density at radius 3 is 2.48 bits per heavy atom. The van der Waals surface area contributed by atoms with Gasteiger partial charge in [0.1, 0.15) is 5.82 Å². The van der Waals surface area contributed by atoms with Crippen LogP contribution in [0.1, 0.15) is 12.3 Å². The third kappa shape index (κ3) is 4.41. The minimum Gasteiger partial charge on any atom is -0.353 e. The first-order valence-corrected chi connectivity index (χ1v) is 11.2. The topological polar surface area (TPSA) is 95.7 Å². The number of carbonyl (C=O) groups is 2. The standard InChI is InChI=1S/C23H23ClN6O3/c1-15-26-22(27-33-15)16-2-7-20(25-13-16)28-8-10-29(11-9-28)23(32)17-12-21(31)30(14-17)19-5-3-18(24)4-6-19/h2-7,13,17H,8-12,14H2,1H3. The van der Waals surface area contributed by atoms with Crippen LogP contribution in [0.5, 0.6) is 0 Å². The molecule has 0 radical (unpaired) electrons. The molecule has 1 unspecified atom stereocenters. The number of aryl methyl sites for hydroxylation is 1. The molecule has 1 atom stereocenters. The van der Waals surface area contributed by atoms with E-state index in [2.05, 4.69) is 20.0 Å². The van der Waals surface area contributed by atoms with Crippen molar-refractivity contribution in [1.29, 1.82) is 0 Å². The summed E-state index contributed by atoms with van der Waals surface area (Å²) >= 11 is 5.95. The average molecular weight is 467 g/mol. The van der Waals surface area contributed by atoms with Gasteiger partial charge in [0.2, 0.25) is 23.5 Å². The normalized spacial score (nSPS) is 18.8. The van der Waals surface area contributed by atoms with Crippen molar-refractivity contribution in [3.05, 3.63) is 53.5 Å². The number of benzene rings is 1. The van der Waals surface area contributed by atoms with E-state index in [0.29, 0.717) is 49.5 Å². The van der Waals surface area contributed by atoms with Crippen molar-refractivity contribution in [1.82, 2.24) is 20.0 Å². The average Bonchev–Trinajstić information content (AvgIpc) is 3.45. The molecule has 0 aliphatic carbocycles. The summed E-state index contributed by atoms with van der Waals surface area (Å²) in [5.41, 5.74) is 1.57. The molecule has 9 nitrogen and oxygen atoms in total. The molecule has 4 heterocycles. The van der Waals surface area contributed by atoms with E-state index in [1.54, 1.807) is 30.2 Å². The Balaban J connectivity index is 1.17. The van der Waals surface area contributed by atoms with Crippen molar-refractivity contribution >= 4 is 34.9 Å². The van der Waals surface area contributed by atoms with Crippen LogP contribution in [0.15, 0.2) is 47.1 Å². The molecule has 0 bridgehead atoms. The quantitative estimate of drug-likeness (QED) is 0.583. The van der Waals surface area contributed by atoms with Crippen LogP contribution in [-0.4, -0.2) is 64.6 Å². The molecule has 2 fully saturated rings. The Hall–Kier alpha value is -3.46. The SMILES string of the molecule is Cc1nc(-c2ccc(N3CCN(C(=O)C4CC(=O)N(c5ccc(Cl)cc5)C4)CC3)nc2)no1. The summed E-state index contributed by atoms with van der Waals surface area (Å²) in [5, 5.41) is 4.53. The molecule has 2 saturated heterocycles. The lowest BCUT2D eigenvalue weighted by atomic mass is 10.1. The molecule has 2 aliphatic heterocycles. The minimum absolute atomic E-state index is 0.0320. The van der Waals surface area contributed by atoms with E-state index in [9.17, 15) is 9.59 Å². The molecule has 2 amide bonds. The molecule has 5 rings (SSSR count). The van der Waals surface area contributed by atoms with Crippen LogP contribution < -0.4 is 9.80 Å². The van der Waals surface area contributed by atoms with Crippen molar-refractivity contribution in [2.45, 2.75) is 13.3 Å². The predicted octanol–water partition coefficient (Wildman–Crippen LogP) is 2.80. The molecule has 0 spiro atoms. The zero-order chi connectivity index (χ0) is 22.9. The van der Waals surface area contributed by atoms with Crippen LogP contribution in [0, 0.1) is 12.8 Å². The van der Waals surface area contributed by atoms with Gasteiger partial charge in [-0.2, -0.15) is 4.98 Å². The number of anilines is 2. The lowest BCUT2D eigenvalue weighted by molar-refractivity contribution is -0.136. The van der Waals surface area contributed by atoms with Crippen LogP contribution in [-0.2, 0) is 9.59 Å². The molecule has 170 valence electrons. The second-order valence-electron chi connectivity index (χ2n) is 8.24. The molecule has 0 N–H and O–H groups in total. The Morgan fingerprint density at radius 1 is 1.09 bits per heavy atom. The monoisotopic (exact) mass is 466 g/mol. The summed E-state index contributed by atoms with van der Waals surface area (Å²) in [6.45, 7) is 4.70. The highest BCUT2D eigenvalue weighted by atomic mass is 35.5. The maximum atomic E-state index is 13.1. The second-order valence-corrected chi connectivity index (χ2v) is 8.67. The fraction of sp³-hybridized carbons (Fsp3) is 0.348. The van der Waals surface area contributed by atoms with Gasteiger partial charge in [0.15, 0.2) is 0 Å². The highest BCUT2D eigenvalue weighted by Crippen LogP contribution is 2.28. The van der Waals surface area contributed by atoms with Crippen LogP contribution in [0.2, 0.25) is 5.02 Å². The fourth-order valence-electron chi connectivity index (χ4n) is 4.28. The van der Waals surface area contributed by atoms with Crippen LogP contribution in [0.25, 0.3) is 11.4 Å². The number of hydrogen-bond acceptors (Lipinski definition) is 7. The Kier molecular flexibility index (Phi) is 5.72. The maximum absolute atomic E-state index is 13.1. The second kappa shape index (κ2) is 8.82. The lowest BCUT2D eigenvalue weighted by Crippen LogP contribution is -2.51. The maximum Gasteiger partial charge on any atom is 0.228 e. The van der Waals surface area contributed by atoms with Gasteiger partial charge in [0, 0.05) is 68.5 Å². The summed E-state index contributed by atoms with van der Waals surface area (Å²) in [4.78, 5) is 40.0. The number of rotatable bonds is 4. The lowest BCUT2D eigenvalue weighted by Gasteiger charge is -2.36. The van der Waals surface area contributed by atoms with Gasteiger partial charge >= 0.3 is 0 Å². The van der Waals surface area contributed by atoms with E-state index < -0.39 is 0 Å². The van der Waals surface area contributed by atoms with Crippen molar-refractivity contribution in [2.75, 3.05) is 42.5 Å². The zero-order valence-corrected chi connectivity index (χ0v) is 18.9. The van der Waals surface area contributed by atoms with Gasteiger partial charge in [-0.1, -0.05) is 16.8 Å². The molecule has 10 heteroatoms. The molecule has 2 aromatic heterocycles. The van der Waals surface area contributed by atoms with Crippen LogP contribution in [0.3, 0.4) is 0 Å². The Bertz CT molecular complexity index is 1160. The summed E-state index contributed by atoms with van der Waals surface area (Å²) < 4.78 is 5.02. The highest BCUT2D eigenvalue weighted by Gasteiger charge is 2.38. The van der Waals surface area contributed by atoms with Gasteiger partial charge in [-0.05, 0) is 36.4 Å². The Morgan fingerprint density at radius 2 is 1.85 bits per heavy atom. The number of pyridine rings is 1.